The van der Waals surface area contributed by atoms with Gasteiger partial charge in [0.1, 0.15) is 6.79 Å². The summed E-state index contributed by atoms with van der Waals surface area (Å²) in [5.74, 6) is 0. The number of rotatable bonds is 1. The van der Waals surface area contributed by atoms with Gasteiger partial charge in [0.25, 0.3) is 0 Å². The molecule has 0 bridgehead atoms. The standard InChI is InChI=1S/C12H18N2.C2H6.CH4O.CH2O/c1-11-3-5-12(6-4-11)14-9-7-13(2)8-10-14;3*1-2/h3-6H,7-10H2,1-2H3;1-2H3;2H,1H3;1H2. The van der Waals surface area contributed by atoms with Gasteiger partial charge in [0.2, 0.25) is 0 Å². The summed E-state index contributed by atoms with van der Waals surface area (Å²) >= 11 is 0. The Balaban J connectivity index is 0. The Labute approximate surface area is 124 Å². The zero-order valence-electron chi connectivity index (χ0n) is 13.6. The molecule has 1 N–H and O–H groups in total. The van der Waals surface area contributed by atoms with Gasteiger partial charge in [0.05, 0.1) is 0 Å². The molecule has 0 aliphatic carbocycles. The molecule has 1 aliphatic rings. The highest BCUT2D eigenvalue weighted by atomic mass is 16.2. The Morgan fingerprint density at radius 1 is 0.950 bits per heavy atom. The second kappa shape index (κ2) is 14.0. The molecule has 0 atom stereocenters. The van der Waals surface area contributed by atoms with Gasteiger partial charge in [0, 0.05) is 39.0 Å². The number of aliphatic hydroxyl groups excluding tert-OH is 1. The topological polar surface area (TPSA) is 43.8 Å². The van der Waals surface area contributed by atoms with Crippen molar-refractivity contribution in [3.05, 3.63) is 29.8 Å². The zero-order chi connectivity index (χ0) is 16.0. The molecule has 4 heteroatoms. The zero-order valence-corrected chi connectivity index (χ0v) is 13.6. The predicted molar refractivity (Wildman–Crippen MR) is 87.5 cm³/mol. The normalized spacial score (nSPS) is 13.8. The molecule has 0 saturated carbocycles. The Morgan fingerprint density at radius 2 is 1.35 bits per heavy atom. The lowest BCUT2D eigenvalue weighted by atomic mass is 10.2. The second-order valence-electron chi connectivity index (χ2n) is 4.13. The lowest BCUT2D eigenvalue weighted by Crippen LogP contribution is -2.44. The number of nitrogens with zero attached hydrogens (tertiary/aromatic N) is 2. The van der Waals surface area contributed by atoms with Crippen molar-refractivity contribution in [1.82, 2.24) is 4.90 Å². The molecular weight excluding hydrogens is 252 g/mol. The molecule has 0 amide bonds. The van der Waals surface area contributed by atoms with Crippen molar-refractivity contribution in [1.29, 1.82) is 0 Å². The van der Waals surface area contributed by atoms with Crippen LogP contribution in [0.5, 0.6) is 0 Å². The van der Waals surface area contributed by atoms with Crippen LogP contribution < -0.4 is 4.90 Å². The van der Waals surface area contributed by atoms with Crippen LogP contribution in [-0.4, -0.2) is 57.1 Å². The fourth-order valence-corrected chi connectivity index (χ4v) is 1.82. The summed E-state index contributed by atoms with van der Waals surface area (Å²) in [4.78, 5) is 12.8. The molecule has 0 spiro atoms. The van der Waals surface area contributed by atoms with Crippen molar-refractivity contribution in [3.8, 4) is 0 Å². The Bertz CT molecular complexity index is 307. The highest BCUT2D eigenvalue weighted by Crippen LogP contribution is 2.16. The molecule has 2 rings (SSSR count). The van der Waals surface area contributed by atoms with E-state index in [1.54, 1.807) is 0 Å². The van der Waals surface area contributed by atoms with E-state index in [9.17, 15) is 0 Å². The number of piperazine rings is 1. The van der Waals surface area contributed by atoms with E-state index in [0.29, 0.717) is 0 Å². The fourth-order valence-electron chi connectivity index (χ4n) is 1.82. The smallest absolute Gasteiger partial charge is 0.106 e. The lowest BCUT2D eigenvalue weighted by Gasteiger charge is -2.34. The third-order valence-electron chi connectivity index (χ3n) is 2.90. The third kappa shape index (κ3) is 7.92. The largest absolute Gasteiger partial charge is 0.400 e. The van der Waals surface area contributed by atoms with Crippen LogP contribution in [-0.2, 0) is 4.79 Å². The van der Waals surface area contributed by atoms with Crippen molar-refractivity contribution in [2.24, 2.45) is 0 Å². The van der Waals surface area contributed by atoms with Gasteiger partial charge >= 0.3 is 0 Å². The summed E-state index contributed by atoms with van der Waals surface area (Å²) in [6.45, 7) is 12.8. The molecule has 0 unspecified atom stereocenters. The minimum absolute atomic E-state index is 1.00. The Hall–Kier alpha value is -1.39. The highest BCUT2D eigenvalue weighted by Gasteiger charge is 2.13. The van der Waals surface area contributed by atoms with Gasteiger partial charge in [-0.1, -0.05) is 31.5 Å². The van der Waals surface area contributed by atoms with E-state index in [2.05, 4.69) is 48.0 Å². The maximum Gasteiger partial charge on any atom is 0.106 e. The molecule has 0 radical (unpaired) electrons. The number of hydrogen-bond donors (Lipinski definition) is 1. The van der Waals surface area contributed by atoms with Crippen LogP contribution in [0.2, 0.25) is 0 Å². The molecule has 1 aliphatic heterocycles. The number of benzene rings is 1. The van der Waals surface area contributed by atoms with E-state index < -0.39 is 0 Å². The minimum Gasteiger partial charge on any atom is -0.400 e. The lowest BCUT2D eigenvalue weighted by molar-refractivity contribution is -0.0979. The summed E-state index contributed by atoms with van der Waals surface area (Å²) < 4.78 is 0. The molecule has 1 aromatic rings. The first-order valence-electron chi connectivity index (χ1n) is 6.99. The molecule has 1 aromatic carbocycles. The van der Waals surface area contributed by atoms with Crippen molar-refractivity contribution in [2.45, 2.75) is 20.8 Å². The van der Waals surface area contributed by atoms with Gasteiger partial charge in [-0.2, -0.15) is 0 Å². The van der Waals surface area contributed by atoms with Crippen LogP contribution in [0.3, 0.4) is 0 Å². The first kappa shape index (κ1) is 20.9. The number of carbonyl (C=O) groups excluding carboxylic acids is 1. The van der Waals surface area contributed by atoms with Crippen molar-refractivity contribution < 1.29 is 9.90 Å². The van der Waals surface area contributed by atoms with Crippen LogP contribution in [0.15, 0.2) is 24.3 Å². The molecule has 116 valence electrons. The molecule has 0 aromatic heterocycles. The summed E-state index contributed by atoms with van der Waals surface area (Å²) in [5, 5.41) is 7.00. The van der Waals surface area contributed by atoms with Crippen molar-refractivity contribution >= 4 is 12.5 Å². The van der Waals surface area contributed by atoms with E-state index in [1.165, 1.54) is 24.3 Å². The van der Waals surface area contributed by atoms with Gasteiger partial charge in [-0.3, -0.25) is 0 Å². The first-order valence-corrected chi connectivity index (χ1v) is 6.99. The molecule has 20 heavy (non-hydrogen) atoms. The van der Waals surface area contributed by atoms with Crippen LogP contribution in [0, 0.1) is 6.92 Å². The number of carbonyl (C=O) groups is 1. The van der Waals surface area contributed by atoms with Crippen LogP contribution in [0.1, 0.15) is 19.4 Å². The summed E-state index contributed by atoms with van der Waals surface area (Å²) in [5.41, 5.74) is 2.70. The average molecular weight is 282 g/mol. The Kier molecular flexibility index (Phi) is 14.7. The Morgan fingerprint density at radius 3 is 1.75 bits per heavy atom. The summed E-state index contributed by atoms with van der Waals surface area (Å²) in [6, 6.07) is 8.82. The quantitative estimate of drug-likeness (QED) is 0.857. The van der Waals surface area contributed by atoms with Crippen LogP contribution in [0.25, 0.3) is 0 Å². The van der Waals surface area contributed by atoms with Gasteiger partial charge in [-0.05, 0) is 26.1 Å². The maximum atomic E-state index is 8.00. The number of aryl methyl sites for hydroxylation is 1. The van der Waals surface area contributed by atoms with Gasteiger partial charge < -0.3 is 19.7 Å². The monoisotopic (exact) mass is 282 g/mol. The second-order valence-corrected chi connectivity index (χ2v) is 4.13. The van der Waals surface area contributed by atoms with E-state index >= 15 is 0 Å². The number of likely N-dealkylation sites (N-methyl/N-ethyl adjacent to an activating group) is 1. The molecule has 4 nitrogen and oxygen atoms in total. The predicted octanol–water partition coefficient (Wildman–Crippen LogP) is 2.20. The molecule has 1 heterocycles. The number of anilines is 1. The number of aliphatic hydroxyl groups is 1. The first-order chi connectivity index (χ1) is 9.75. The van der Waals surface area contributed by atoms with E-state index in [0.717, 1.165) is 20.2 Å². The average Bonchev–Trinajstić information content (AvgIpc) is 2.55. The third-order valence-corrected chi connectivity index (χ3v) is 2.90. The number of hydrogen-bond acceptors (Lipinski definition) is 4. The SMILES string of the molecule is C=O.CC.CO.Cc1ccc(N2CCN(C)CC2)cc1. The minimum atomic E-state index is 1.00. The van der Waals surface area contributed by atoms with Gasteiger partial charge in [-0.25, -0.2) is 0 Å². The van der Waals surface area contributed by atoms with E-state index in [4.69, 9.17) is 9.90 Å². The van der Waals surface area contributed by atoms with Crippen molar-refractivity contribution in [2.75, 3.05) is 45.2 Å². The van der Waals surface area contributed by atoms with E-state index in [-0.39, 0.29) is 0 Å². The van der Waals surface area contributed by atoms with E-state index in [1.807, 2.05) is 20.6 Å². The summed E-state index contributed by atoms with van der Waals surface area (Å²) in [7, 11) is 3.19. The van der Waals surface area contributed by atoms with Crippen molar-refractivity contribution in [3.63, 3.8) is 0 Å². The summed E-state index contributed by atoms with van der Waals surface area (Å²) in [6.07, 6.45) is 0. The molecular formula is C16H30N2O2. The van der Waals surface area contributed by atoms with Gasteiger partial charge in [0.15, 0.2) is 0 Å². The molecule has 1 saturated heterocycles. The fraction of sp³-hybridized carbons (Fsp3) is 0.562. The van der Waals surface area contributed by atoms with Crippen LogP contribution >= 0.6 is 0 Å². The van der Waals surface area contributed by atoms with Crippen LogP contribution in [0.4, 0.5) is 5.69 Å². The maximum absolute atomic E-state index is 8.00. The van der Waals surface area contributed by atoms with Gasteiger partial charge in [-0.15, -0.1) is 0 Å². The highest BCUT2D eigenvalue weighted by molar-refractivity contribution is 5.47. The molecule has 1 fully saturated rings.